The average molecular weight is 198 g/mol. The molecule has 0 bridgehead atoms. The van der Waals surface area contributed by atoms with Gasteiger partial charge in [0, 0.05) is 26.2 Å². The van der Waals surface area contributed by atoms with E-state index in [9.17, 15) is 0 Å². The maximum atomic E-state index is 8.83. The molecule has 0 aromatic heterocycles. The van der Waals surface area contributed by atoms with Crippen molar-refractivity contribution in [1.82, 2.24) is 10.2 Å². The third-order valence-corrected chi connectivity index (χ3v) is 2.78. The van der Waals surface area contributed by atoms with Gasteiger partial charge in [-0.05, 0) is 37.9 Å². The smallest absolute Gasteiger partial charge is 0.0434 e. The van der Waals surface area contributed by atoms with Crippen LogP contribution in [0.1, 0.15) is 12.8 Å². The van der Waals surface area contributed by atoms with E-state index in [1.807, 2.05) is 7.05 Å². The third kappa shape index (κ3) is 3.78. The van der Waals surface area contributed by atoms with E-state index in [1.165, 1.54) is 12.0 Å². The largest absolute Gasteiger partial charge is 0.396 e. The van der Waals surface area contributed by atoms with Crippen LogP contribution in [-0.4, -0.2) is 49.8 Å². The molecule has 14 heavy (non-hydrogen) atoms. The molecule has 3 nitrogen and oxygen atoms in total. The first-order valence-electron chi connectivity index (χ1n) is 5.40. The van der Waals surface area contributed by atoms with Gasteiger partial charge in [-0.15, -0.1) is 0 Å². The highest BCUT2D eigenvalue weighted by Crippen LogP contribution is 2.19. The minimum atomic E-state index is 0.329. The van der Waals surface area contributed by atoms with Crippen molar-refractivity contribution >= 4 is 0 Å². The standard InChI is InChI=1S/C11H22N2O/c1-10(7-12-2)8-13-5-3-11(9-13)4-6-14/h11-12,14H,1,3-9H2,2H3. The maximum Gasteiger partial charge on any atom is 0.0434 e. The minimum Gasteiger partial charge on any atom is -0.396 e. The normalized spacial score (nSPS) is 22.9. The molecule has 1 heterocycles. The zero-order chi connectivity index (χ0) is 10.4. The van der Waals surface area contributed by atoms with Crippen molar-refractivity contribution < 1.29 is 5.11 Å². The molecule has 2 N–H and O–H groups in total. The predicted molar refractivity (Wildman–Crippen MR) is 59.3 cm³/mol. The third-order valence-electron chi connectivity index (χ3n) is 2.78. The molecule has 0 amide bonds. The predicted octanol–water partition coefficient (Wildman–Crippen LogP) is 0.466. The topological polar surface area (TPSA) is 35.5 Å². The first kappa shape index (κ1) is 11.7. The molecule has 0 aliphatic carbocycles. The number of likely N-dealkylation sites (tertiary alicyclic amines) is 1. The lowest BCUT2D eigenvalue weighted by Gasteiger charge is -2.17. The number of nitrogens with zero attached hydrogens (tertiary/aromatic N) is 1. The van der Waals surface area contributed by atoms with Crippen molar-refractivity contribution in [3.8, 4) is 0 Å². The Kier molecular flexibility index (Phi) is 5.15. The van der Waals surface area contributed by atoms with Crippen LogP contribution in [0.5, 0.6) is 0 Å². The Morgan fingerprint density at radius 1 is 1.64 bits per heavy atom. The lowest BCUT2D eigenvalue weighted by Crippen LogP contribution is -2.26. The van der Waals surface area contributed by atoms with Crippen LogP contribution in [0.2, 0.25) is 0 Å². The average Bonchev–Trinajstić information content (AvgIpc) is 2.53. The first-order valence-corrected chi connectivity index (χ1v) is 5.40. The Morgan fingerprint density at radius 3 is 3.07 bits per heavy atom. The molecule has 1 saturated heterocycles. The van der Waals surface area contributed by atoms with E-state index in [0.29, 0.717) is 12.5 Å². The Balaban J connectivity index is 2.18. The summed E-state index contributed by atoms with van der Waals surface area (Å²) in [6.45, 7) is 8.55. The van der Waals surface area contributed by atoms with E-state index in [1.54, 1.807) is 0 Å². The first-order chi connectivity index (χ1) is 6.76. The lowest BCUT2D eigenvalue weighted by molar-refractivity contribution is 0.253. The summed E-state index contributed by atoms with van der Waals surface area (Å²) in [7, 11) is 1.95. The number of hydrogen-bond acceptors (Lipinski definition) is 3. The molecule has 1 unspecified atom stereocenters. The molecular weight excluding hydrogens is 176 g/mol. The SMILES string of the molecule is C=C(CNC)CN1CCC(CCO)C1. The van der Waals surface area contributed by atoms with Gasteiger partial charge in [0.05, 0.1) is 0 Å². The van der Waals surface area contributed by atoms with Gasteiger partial charge in [0.25, 0.3) is 0 Å². The van der Waals surface area contributed by atoms with Crippen LogP contribution in [0, 0.1) is 5.92 Å². The van der Waals surface area contributed by atoms with Crippen LogP contribution in [0.15, 0.2) is 12.2 Å². The van der Waals surface area contributed by atoms with Crippen molar-refractivity contribution in [3.63, 3.8) is 0 Å². The molecule has 0 spiro atoms. The molecule has 0 aromatic carbocycles. The van der Waals surface area contributed by atoms with Gasteiger partial charge >= 0.3 is 0 Å². The van der Waals surface area contributed by atoms with Crippen LogP contribution in [-0.2, 0) is 0 Å². The summed E-state index contributed by atoms with van der Waals surface area (Å²) < 4.78 is 0. The fourth-order valence-corrected chi connectivity index (χ4v) is 2.10. The zero-order valence-corrected chi connectivity index (χ0v) is 9.13. The summed E-state index contributed by atoms with van der Waals surface area (Å²) in [5.74, 6) is 0.697. The maximum absolute atomic E-state index is 8.83. The van der Waals surface area contributed by atoms with Gasteiger partial charge in [-0.25, -0.2) is 0 Å². The van der Waals surface area contributed by atoms with E-state index >= 15 is 0 Å². The quantitative estimate of drug-likeness (QED) is 0.609. The van der Waals surface area contributed by atoms with Crippen molar-refractivity contribution in [2.75, 3.05) is 39.8 Å². The van der Waals surface area contributed by atoms with Crippen LogP contribution >= 0.6 is 0 Å². The van der Waals surface area contributed by atoms with E-state index in [2.05, 4.69) is 16.8 Å². The molecule has 0 aromatic rings. The molecular formula is C11H22N2O. The van der Waals surface area contributed by atoms with Crippen LogP contribution in [0.3, 0.4) is 0 Å². The Labute approximate surface area is 86.8 Å². The molecule has 0 saturated carbocycles. The highest BCUT2D eigenvalue weighted by atomic mass is 16.3. The second-order valence-electron chi connectivity index (χ2n) is 4.18. The van der Waals surface area contributed by atoms with Gasteiger partial charge in [0.1, 0.15) is 0 Å². The van der Waals surface area contributed by atoms with Gasteiger partial charge in [0.15, 0.2) is 0 Å². The van der Waals surface area contributed by atoms with Crippen LogP contribution < -0.4 is 5.32 Å². The summed E-state index contributed by atoms with van der Waals surface area (Å²) in [4.78, 5) is 2.43. The van der Waals surface area contributed by atoms with Crippen LogP contribution in [0.25, 0.3) is 0 Å². The van der Waals surface area contributed by atoms with E-state index < -0.39 is 0 Å². The summed E-state index contributed by atoms with van der Waals surface area (Å²) in [5, 5.41) is 11.9. The number of aliphatic hydroxyl groups is 1. The highest BCUT2D eigenvalue weighted by molar-refractivity contribution is 5.00. The van der Waals surface area contributed by atoms with Crippen LogP contribution in [0.4, 0.5) is 0 Å². The Bertz CT molecular complexity index is 182. The second-order valence-corrected chi connectivity index (χ2v) is 4.18. The molecule has 0 radical (unpaired) electrons. The molecule has 1 aliphatic heterocycles. The molecule has 3 heteroatoms. The molecule has 1 fully saturated rings. The molecule has 1 atom stereocenters. The summed E-state index contributed by atoms with van der Waals surface area (Å²) in [6.07, 6.45) is 2.18. The lowest BCUT2D eigenvalue weighted by atomic mass is 10.1. The number of likely N-dealkylation sites (N-methyl/N-ethyl adjacent to an activating group) is 1. The van der Waals surface area contributed by atoms with Gasteiger partial charge in [-0.3, -0.25) is 4.90 Å². The fourth-order valence-electron chi connectivity index (χ4n) is 2.10. The van der Waals surface area contributed by atoms with Crippen molar-refractivity contribution in [2.45, 2.75) is 12.8 Å². The monoisotopic (exact) mass is 198 g/mol. The molecule has 82 valence electrons. The van der Waals surface area contributed by atoms with E-state index in [-0.39, 0.29) is 0 Å². The number of rotatable bonds is 6. The Hall–Kier alpha value is -0.380. The zero-order valence-electron chi connectivity index (χ0n) is 9.13. The van der Waals surface area contributed by atoms with Gasteiger partial charge in [-0.2, -0.15) is 0 Å². The van der Waals surface area contributed by atoms with Gasteiger partial charge in [-0.1, -0.05) is 6.58 Å². The summed E-state index contributed by atoms with van der Waals surface area (Å²) >= 11 is 0. The van der Waals surface area contributed by atoms with Gasteiger partial charge < -0.3 is 10.4 Å². The second kappa shape index (κ2) is 6.17. The van der Waals surface area contributed by atoms with Crippen molar-refractivity contribution in [1.29, 1.82) is 0 Å². The Morgan fingerprint density at radius 2 is 2.43 bits per heavy atom. The molecule has 1 rings (SSSR count). The number of nitrogens with one attached hydrogen (secondary N) is 1. The summed E-state index contributed by atoms with van der Waals surface area (Å²) in [6, 6.07) is 0. The van der Waals surface area contributed by atoms with E-state index in [4.69, 9.17) is 5.11 Å². The van der Waals surface area contributed by atoms with Crippen molar-refractivity contribution in [2.24, 2.45) is 5.92 Å². The number of hydrogen-bond donors (Lipinski definition) is 2. The molecule has 1 aliphatic rings. The number of aliphatic hydroxyl groups excluding tert-OH is 1. The fraction of sp³-hybridized carbons (Fsp3) is 0.818. The van der Waals surface area contributed by atoms with Crippen molar-refractivity contribution in [3.05, 3.63) is 12.2 Å². The van der Waals surface area contributed by atoms with Gasteiger partial charge in [0.2, 0.25) is 0 Å². The highest BCUT2D eigenvalue weighted by Gasteiger charge is 2.21. The summed E-state index contributed by atoms with van der Waals surface area (Å²) in [5.41, 5.74) is 1.25. The minimum absolute atomic E-state index is 0.329. The van der Waals surface area contributed by atoms with E-state index in [0.717, 1.165) is 32.6 Å².